The second kappa shape index (κ2) is 6.43. The van der Waals surface area contributed by atoms with E-state index >= 15 is 0 Å². The van der Waals surface area contributed by atoms with Gasteiger partial charge in [-0.2, -0.15) is 0 Å². The van der Waals surface area contributed by atoms with Crippen molar-refractivity contribution in [2.45, 2.75) is 77.5 Å². The number of nitrogens with zero attached hydrogens (tertiary/aromatic N) is 2. The molecule has 136 valence electrons. The Labute approximate surface area is 145 Å². The van der Waals surface area contributed by atoms with Crippen molar-refractivity contribution in [1.29, 1.82) is 0 Å². The quantitative estimate of drug-likeness (QED) is 0.914. The van der Waals surface area contributed by atoms with Gasteiger partial charge in [0.2, 0.25) is 5.89 Å². The maximum absolute atomic E-state index is 10.3. The van der Waals surface area contributed by atoms with Gasteiger partial charge in [0, 0.05) is 23.9 Å². The Morgan fingerprint density at radius 2 is 2.08 bits per heavy atom. The van der Waals surface area contributed by atoms with Crippen LogP contribution in [0.2, 0.25) is 0 Å². The number of piperidine rings is 1. The number of likely N-dealkylation sites (tertiary alicyclic amines) is 1. The van der Waals surface area contributed by atoms with Crippen molar-refractivity contribution in [3.63, 3.8) is 0 Å². The van der Waals surface area contributed by atoms with Crippen LogP contribution in [0.15, 0.2) is 10.6 Å². The molecule has 0 bridgehead atoms. The predicted octanol–water partition coefficient (Wildman–Crippen LogP) is 3.29. The van der Waals surface area contributed by atoms with Crippen molar-refractivity contribution in [3.8, 4) is 0 Å². The molecule has 1 aliphatic heterocycles. The number of hydrogen-bond donors (Lipinski definition) is 1. The second-order valence-corrected chi connectivity index (χ2v) is 8.45. The van der Waals surface area contributed by atoms with E-state index in [9.17, 15) is 5.11 Å². The summed E-state index contributed by atoms with van der Waals surface area (Å²) in [6.07, 6.45) is 4.63. The van der Waals surface area contributed by atoms with Gasteiger partial charge < -0.3 is 14.3 Å². The molecule has 1 saturated carbocycles. The molecular weight excluding hydrogens is 304 g/mol. The Bertz CT molecular complexity index is 553. The minimum atomic E-state index is -0.208. The maximum atomic E-state index is 10.3. The molecule has 1 aromatic rings. The van der Waals surface area contributed by atoms with Crippen LogP contribution in [0, 0.1) is 5.41 Å². The van der Waals surface area contributed by atoms with Gasteiger partial charge in [0.15, 0.2) is 0 Å². The van der Waals surface area contributed by atoms with E-state index in [1.54, 1.807) is 0 Å². The van der Waals surface area contributed by atoms with Gasteiger partial charge in [-0.25, -0.2) is 4.98 Å². The molecule has 5 heteroatoms. The molecule has 1 aliphatic carbocycles. The molecule has 3 rings (SSSR count). The van der Waals surface area contributed by atoms with Crippen molar-refractivity contribution >= 4 is 0 Å². The SMILES string of the molecule is CCO[C@@H]1C[C@H](O)C12CCN([C@H](C)c1ncc(C(C)(C)C)o1)CC2. The Balaban J connectivity index is 1.63. The average molecular weight is 336 g/mol. The van der Waals surface area contributed by atoms with E-state index in [4.69, 9.17) is 9.15 Å². The van der Waals surface area contributed by atoms with Crippen LogP contribution < -0.4 is 0 Å². The molecule has 1 N–H and O–H groups in total. The number of aromatic nitrogens is 1. The van der Waals surface area contributed by atoms with E-state index < -0.39 is 0 Å². The molecule has 3 atom stereocenters. The summed E-state index contributed by atoms with van der Waals surface area (Å²) in [5.41, 5.74) is -0.0446. The topological polar surface area (TPSA) is 58.7 Å². The van der Waals surface area contributed by atoms with E-state index in [1.165, 1.54) is 0 Å². The van der Waals surface area contributed by atoms with E-state index in [0.29, 0.717) is 0 Å². The van der Waals surface area contributed by atoms with Gasteiger partial charge in [-0.15, -0.1) is 0 Å². The van der Waals surface area contributed by atoms with Gasteiger partial charge in [-0.05, 0) is 39.8 Å². The van der Waals surface area contributed by atoms with Crippen molar-refractivity contribution in [2.24, 2.45) is 5.41 Å². The lowest BCUT2D eigenvalue weighted by Gasteiger charge is -2.57. The zero-order chi connectivity index (χ0) is 17.5. The van der Waals surface area contributed by atoms with E-state index in [1.807, 2.05) is 13.1 Å². The minimum absolute atomic E-state index is 0.0162. The molecule has 1 aromatic heterocycles. The smallest absolute Gasteiger partial charge is 0.211 e. The van der Waals surface area contributed by atoms with E-state index in [0.717, 1.165) is 50.6 Å². The maximum Gasteiger partial charge on any atom is 0.211 e. The molecule has 0 aromatic carbocycles. The first-order valence-electron chi connectivity index (χ1n) is 9.28. The largest absolute Gasteiger partial charge is 0.443 e. The van der Waals surface area contributed by atoms with Crippen molar-refractivity contribution < 1.29 is 14.3 Å². The fourth-order valence-corrected chi connectivity index (χ4v) is 4.13. The molecule has 2 fully saturated rings. The Morgan fingerprint density at radius 1 is 1.42 bits per heavy atom. The van der Waals surface area contributed by atoms with Gasteiger partial charge in [0.1, 0.15) is 5.76 Å². The van der Waals surface area contributed by atoms with Crippen molar-refractivity contribution in [1.82, 2.24) is 9.88 Å². The van der Waals surface area contributed by atoms with E-state index in [-0.39, 0.29) is 29.1 Å². The standard InChI is InChI=1S/C19H32N2O3/c1-6-23-15-11-14(22)19(15)7-9-21(10-8-19)13(2)17-20-12-16(24-17)18(3,4)5/h12-15,22H,6-11H2,1-5H3/t13-,14+,15-/m1/s1. The molecule has 24 heavy (non-hydrogen) atoms. The van der Waals surface area contributed by atoms with Crippen LogP contribution in [0.25, 0.3) is 0 Å². The van der Waals surface area contributed by atoms with Crippen molar-refractivity contribution in [2.75, 3.05) is 19.7 Å². The zero-order valence-corrected chi connectivity index (χ0v) is 15.7. The molecule has 1 saturated heterocycles. The molecule has 5 nitrogen and oxygen atoms in total. The summed E-state index contributed by atoms with van der Waals surface area (Å²) in [5.74, 6) is 1.73. The van der Waals surface area contributed by atoms with E-state index in [2.05, 4.69) is 37.6 Å². The molecule has 0 radical (unpaired) electrons. The Hall–Kier alpha value is -0.910. The van der Waals surface area contributed by atoms with Gasteiger partial charge in [-0.1, -0.05) is 20.8 Å². The number of aliphatic hydroxyl groups excluding tert-OH is 1. The number of ether oxygens (including phenoxy) is 1. The summed E-state index contributed by atoms with van der Waals surface area (Å²) in [7, 11) is 0. The molecule has 0 amide bonds. The highest BCUT2D eigenvalue weighted by atomic mass is 16.5. The molecule has 1 spiro atoms. The van der Waals surface area contributed by atoms with Crippen molar-refractivity contribution in [3.05, 3.63) is 17.8 Å². The third kappa shape index (κ3) is 3.02. The lowest BCUT2D eigenvalue weighted by molar-refractivity contribution is -0.211. The minimum Gasteiger partial charge on any atom is -0.443 e. The van der Waals surface area contributed by atoms with Gasteiger partial charge in [-0.3, -0.25) is 4.90 Å². The summed E-state index contributed by atoms with van der Waals surface area (Å²) in [5, 5.41) is 10.3. The lowest BCUT2D eigenvalue weighted by atomic mass is 9.58. The Morgan fingerprint density at radius 3 is 2.58 bits per heavy atom. The molecule has 0 unspecified atom stereocenters. The first-order valence-corrected chi connectivity index (χ1v) is 9.28. The second-order valence-electron chi connectivity index (χ2n) is 8.45. The first kappa shape index (κ1) is 17.9. The third-order valence-electron chi connectivity index (χ3n) is 6.01. The number of oxazole rings is 1. The van der Waals surface area contributed by atoms with Gasteiger partial charge in [0.25, 0.3) is 0 Å². The fraction of sp³-hybridized carbons (Fsp3) is 0.842. The third-order valence-corrected chi connectivity index (χ3v) is 6.01. The normalized spacial score (nSPS) is 28.8. The van der Waals surface area contributed by atoms with Crippen LogP contribution in [-0.4, -0.2) is 46.9 Å². The highest BCUT2D eigenvalue weighted by molar-refractivity contribution is 5.09. The van der Waals surface area contributed by atoms with Crippen LogP contribution in [0.1, 0.15) is 71.6 Å². The number of hydrogen-bond acceptors (Lipinski definition) is 5. The van der Waals surface area contributed by atoms with Crippen LogP contribution in [0.4, 0.5) is 0 Å². The summed E-state index contributed by atoms with van der Waals surface area (Å²) < 4.78 is 11.9. The Kier molecular flexibility index (Phi) is 4.80. The average Bonchev–Trinajstić information content (AvgIpc) is 3.04. The summed E-state index contributed by atoms with van der Waals surface area (Å²) >= 11 is 0. The number of aliphatic hydroxyl groups is 1. The summed E-state index contributed by atoms with van der Waals surface area (Å²) in [4.78, 5) is 6.92. The molecular formula is C19H32N2O3. The number of rotatable bonds is 4. The van der Waals surface area contributed by atoms with Gasteiger partial charge in [0.05, 0.1) is 24.4 Å². The highest BCUT2D eigenvalue weighted by Crippen LogP contribution is 2.51. The van der Waals surface area contributed by atoms with Crippen LogP contribution >= 0.6 is 0 Å². The predicted molar refractivity (Wildman–Crippen MR) is 92.9 cm³/mol. The van der Waals surface area contributed by atoms with Crippen LogP contribution in [0.3, 0.4) is 0 Å². The fourth-order valence-electron chi connectivity index (χ4n) is 4.13. The van der Waals surface area contributed by atoms with Crippen LogP contribution in [-0.2, 0) is 10.2 Å². The first-order chi connectivity index (χ1) is 11.3. The molecule has 2 aliphatic rings. The van der Waals surface area contributed by atoms with Crippen LogP contribution in [0.5, 0.6) is 0 Å². The zero-order valence-electron chi connectivity index (χ0n) is 15.7. The monoisotopic (exact) mass is 336 g/mol. The lowest BCUT2D eigenvalue weighted by Crippen LogP contribution is -2.62. The highest BCUT2D eigenvalue weighted by Gasteiger charge is 2.56. The van der Waals surface area contributed by atoms with Gasteiger partial charge >= 0.3 is 0 Å². The summed E-state index contributed by atoms with van der Waals surface area (Å²) in [6.45, 7) is 13.2. The molecule has 2 heterocycles. The summed E-state index contributed by atoms with van der Waals surface area (Å²) in [6, 6.07) is 0.168.